The Morgan fingerprint density at radius 1 is 0.893 bits per heavy atom. The Hall–Kier alpha value is -2.21. The summed E-state index contributed by atoms with van der Waals surface area (Å²) >= 11 is 0. The number of rotatable bonds is 4. The molecule has 0 aliphatic heterocycles. The van der Waals surface area contributed by atoms with Crippen molar-refractivity contribution in [1.82, 2.24) is 0 Å². The van der Waals surface area contributed by atoms with Crippen LogP contribution in [0.5, 0.6) is 0 Å². The van der Waals surface area contributed by atoms with Gasteiger partial charge in [0.2, 0.25) is 0 Å². The van der Waals surface area contributed by atoms with E-state index < -0.39 is 11.7 Å². The quantitative estimate of drug-likeness (QED) is 0.483. The minimum Gasteiger partial charge on any atom is -0.166 e. The summed E-state index contributed by atoms with van der Waals surface area (Å²) in [7, 11) is 0. The second-order valence-electron chi connectivity index (χ2n) is 7.74. The maximum Gasteiger partial charge on any atom is 0.416 e. The van der Waals surface area contributed by atoms with Gasteiger partial charge in [-0.25, -0.2) is 0 Å². The van der Waals surface area contributed by atoms with Crippen LogP contribution in [0, 0.1) is 17.8 Å². The fourth-order valence-corrected chi connectivity index (χ4v) is 3.84. The lowest BCUT2D eigenvalue weighted by Crippen LogP contribution is -2.12. The second kappa shape index (κ2) is 9.32. The Balaban J connectivity index is 1.52. The summed E-state index contributed by atoms with van der Waals surface area (Å²) in [5, 5.41) is 0. The summed E-state index contributed by atoms with van der Waals surface area (Å²) in [6.45, 7) is 2.22. The van der Waals surface area contributed by atoms with Crippen LogP contribution in [0.1, 0.15) is 73.6 Å². The fraction of sp³-hybridized carbons (Fsp3) is 0.440. The molecule has 0 bridgehead atoms. The van der Waals surface area contributed by atoms with Crippen molar-refractivity contribution in [2.45, 2.75) is 64.0 Å². The number of alkyl halides is 3. The summed E-state index contributed by atoms with van der Waals surface area (Å²) in [6, 6.07) is 14.2. The van der Waals surface area contributed by atoms with E-state index in [2.05, 4.69) is 43.0 Å². The Bertz CT molecular complexity index is 796. The fourth-order valence-electron chi connectivity index (χ4n) is 3.84. The molecule has 0 spiro atoms. The van der Waals surface area contributed by atoms with E-state index in [1.165, 1.54) is 36.1 Å². The molecule has 1 fully saturated rings. The van der Waals surface area contributed by atoms with Crippen molar-refractivity contribution in [3.8, 4) is 11.8 Å². The SMILES string of the molecule is CCCCc1ccc([C@H]2CC[C@H](C#Cc3ccc(C(F)(F)F)cc3)CC2)cc1. The number of aryl methyl sites for hydroxylation is 1. The molecule has 2 aromatic rings. The van der Waals surface area contributed by atoms with Gasteiger partial charge in [0.05, 0.1) is 5.56 Å². The first kappa shape index (κ1) is 20.5. The van der Waals surface area contributed by atoms with E-state index in [1.54, 1.807) is 0 Å². The molecular weight excluding hydrogens is 357 g/mol. The van der Waals surface area contributed by atoms with E-state index in [1.807, 2.05) is 0 Å². The van der Waals surface area contributed by atoms with Gasteiger partial charge in [0.25, 0.3) is 0 Å². The molecule has 28 heavy (non-hydrogen) atoms. The van der Waals surface area contributed by atoms with E-state index in [9.17, 15) is 13.2 Å². The lowest BCUT2D eigenvalue weighted by atomic mass is 9.78. The van der Waals surface area contributed by atoms with Gasteiger partial charge in [-0.1, -0.05) is 49.5 Å². The third-order valence-corrected chi connectivity index (χ3v) is 5.63. The molecule has 0 aromatic heterocycles. The molecule has 1 aliphatic carbocycles. The normalized spacial score (nSPS) is 19.7. The Morgan fingerprint density at radius 3 is 2.11 bits per heavy atom. The lowest BCUT2D eigenvalue weighted by molar-refractivity contribution is -0.137. The molecule has 2 aromatic carbocycles. The van der Waals surface area contributed by atoms with Gasteiger partial charge >= 0.3 is 6.18 Å². The van der Waals surface area contributed by atoms with Crippen molar-refractivity contribution in [3.05, 3.63) is 70.8 Å². The van der Waals surface area contributed by atoms with Crippen LogP contribution in [0.2, 0.25) is 0 Å². The molecule has 3 heteroatoms. The Kier molecular flexibility index (Phi) is 6.83. The van der Waals surface area contributed by atoms with E-state index in [0.29, 0.717) is 17.4 Å². The average Bonchev–Trinajstić information content (AvgIpc) is 2.71. The summed E-state index contributed by atoms with van der Waals surface area (Å²) in [5.41, 5.74) is 2.87. The van der Waals surface area contributed by atoms with E-state index in [4.69, 9.17) is 0 Å². The van der Waals surface area contributed by atoms with Gasteiger partial charge in [0.15, 0.2) is 0 Å². The van der Waals surface area contributed by atoms with Crippen molar-refractivity contribution in [2.75, 3.05) is 0 Å². The van der Waals surface area contributed by atoms with Crippen molar-refractivity contribution in [3.63, 3.8) is 0 Å². The van der Waals surface area contributed by atoms with Gasteiger partial charge in [-0.3, -0.25) is 0 Å². The summed E-state index contributed by atoms with van der Waals surface area (Å²) < 4.78 is 37.8. The Labute approximate surface area is 166 Å². The van der Waals surface area contributed by atoms with Crippen molar-refractivity contribution in [2.24, 2.45) is 5.92 Å². The predicted octanol–water partition coefficient (Wildman–Crippen LogP) is 7.37. The minimum absolute atomic E-state index is 0.336. The zero-order valence-electron chi connectivity index (χ0n) is 16.4. The van der Waals surface area contributed by atoms with Gasteiger partial charge in [0.1, 0.15) is 0 Å². The summed E-state index contributed by atoms with van der Waals surface area (Å²) in [4.78, 5) is 0. The van der Waals surface area contributed by atoms with Crippen molar-refractivity contribution >= 4 is 0 Å². The van der Waals surface area contributed by atoms with Gasteiger partial charge in [-0.15, -0.1) is 0 Å². The van der Waals surface area contributed by atoms with Crippen LogP contribution in [0.4, 0.5) is 13.2 Å². The molecule has 148 valence electrons. The topological polar surface area (TPSA) is 0 Å². The highest BCUT2D eigenvalue weighted by molar-refractivity contribution is 5.37. The van der Waals surface area contributed by atoms with E-state index >= 15 is 0 Å². The first-order chi connectivity index (χ1) is 13.5. The predicted molar refractivity (Wildman–Crippen MR) is 108 cm³/mol. The molecule has 0 nitrogen and oxygen atoms in total. The molecule has 0 amide bonds. The third kappa shape index (κ3) is 5.64. The largest absolute Gasteiger partial charge is 0.416 e. The van der Waals surface area contributed by atoms with Crippen LogP contribution >= 0.6 is 0 Å². The average molecular weight is 384 g/mol. The molecule has 1 aliphatic rings. The van der Waals surface area contributed by atoms with Gasteiger partial charge < -0.3 is 0 Å². The monoisotopic (exact) mass is 384 g/mol. The van der Waals surface area contributed by atoms with Crippen LogP contribution in [-0.4, -0.2) is 0 Å². The summed E-state index contributed by atoms with van der Waals surface area (Å²) in [6.07, 6.45) is 3.68. The maximum absolute atomic E-state index is 12.6. The van der Waals surface area contributed by atoms with Crippen LogP contribution in [0.15, 0.2) is 48.5 Å². The second-order valence-corrected chi connectivity index (χ2v) is 7.74. The first-order valence-electron chi connectivity index (χ1n) is 10.2. The van der Waals surface area contributed by atoms with Gasteiger partial charge in [-0.2, -0.15) is 13.2 Å². The number of halogens is 3. The van der Waals surface area contributed by atoms with Crippen LogP contribution in [0.25, 0.3) is 0 Å². The molecule has 0 heterocycles. The molecule has 0 saturated heterocycles. The first-order valence-corrected chi connectivity index (χ1v) is 10.2. The van der Waals surface area contributed by atoms with E-state index in [-0.39, 0.29) is 0 Å². The smallest absolute Gasteiger partial charge is 0.166 e. The van der Waals surface area contributed by atoms with E-state index in [0.717, 1.165) is 44.2 Å². The highest BCUT2D eigenvalue weighted by Crippen LogP contribution is 2.35. The van der Waals surface area contributed by atoms with Gasteiger partial charge in [0, 0.05) is 11.5 Å². The molecule has 0 atom stereocenters. The molecule has 1 saturated carbocycles. The number of hydrogen-bond donors (Lipinski definition) is 0. The zero-order valence-corrected chi connectivity index (χ0v) is 16.4. The molecule has 0 radical (unpaired) electrons. The highest BCUT2D eigenvalue weighted by Gasteiger charge is 2.29. The van der Waals surface area contributed by atoms with Crippen molar-refractivity contribution < 1.29 is 13.2 Å². The number of benzene rings is 2. The zero-order chi connectivity index (χ0) is 20.0. The molecule has 3 rings (SSSR count). The highest BCUT2D eigenvalue weighted by atomic mass is 19.4. The molecular formula is C25H27F3. The third-order valence-electron chi connectivity index (χ3n) is 5.63. The van der Waals surface area contributed by atoms with Crippen LogP contribution < -0.4 is 0 Å². The lowest BCUT2D eigenvalue weighted by Gasteiger charge is -2.26. The van der Waals surface area contributed by atoms with Gasteiger partial charge in [-0.05, 0) is 79.8 Å². The molecule has 0 N–H and O–H groups in total. The van der Waals surface area contributed by atoms with Crippen LogP contribution in [-0.2, 0) is 12.6 Å². The molecule has 0 unspecified atom stereocenters. The summed E-state index contributed by atoms with van der Waals surface area (Å²) in [5.74, 6) is 7.26. The maximum atomic E-state index is 12.6. The number of unbranched alkanes of at least 4 members (excludes halogenated alkanes) is 1. The van der Waals surface area contributed by atoms with Crippen LogP contribution in [0.3, 0.4) is 0 Å². The standard InChI is InChI=1S/C25H27F3/c1-2-3-4-19-7-13-22(14-8-19)23-15-9-20(10-16-23)5-6-21-11-17-24(18-12-21)25(26,27)28/h7-8,11-14,17-18,20,23H,2-4,9-10,15-16H2,1H3/t20-,23-. The van der Waals surface area contributed by atoms with Crippen molar-refractivity contribution in [1.29, 1.82) is 0 Å². The Morgan fingerprint density at radius 2 is 1.54 bits per heavy atom. The number of hydrogen-bond acceptors (Lipinski definition) is 0. The minimum atomic E-state index is -4.29.